The fourth-order valence-electron chi connectivity index (χ4n) is 22.1. The first-order chi connectivity index (χ1) is 71.3. The van der Waals surface area contributed by atoms with E-state index in [4.69, 9.17) is 15.0 Å². The number of nitrogens with zero attached hydrogens (tertiary/aromatic N) is 12. The first-order valence-corrected chi connectivity index (χ1v) is 48.3. The Hall–Kier alpha value is -20.1. The zero-order chi connectivity index (χ0) is 95.6. The smallest absolute Gasteiger partial charge is 0.147 e. The number of aromatic nitrogens is 9. The van der Waals surface area contributed by atoms with E-state index in [1.807, 2.05) is 103 Å². The lowest BCUT2D eigenvalue weighted by Gasteiger charge is -2.16. The van der Waals surface area contributed by atoms with E-state index in [0.717, 1.165) is 177 Å². The first-order valence-electron chi connectivity index (χ1n) is 48.3. The Morgan fingerprint density at radius 3 is 0.792 bits per heavy atom. The molecule has 144 heavy (non-hydrogen) atoms. The van der Waals surface area contributed by atoms with Crippen molar-refractivity contribution in [2.45, 2.75) is 0 Å². The molecule has 668 valence electrons. The van der Waals surface area contributed by atoms with Crippen LogP contribution in [0.2, 0.25) is 0 Å². The summed E-state index contributed by atoms with van der Waals surface area (Å²) in [6.45, 7) is 0. The van der Waals surface area contributed by atoms with Gasteiger partial charge in [0.15, 0.2) is 0 Å². The maximum absolute atomic E-state index is 10.6. The van der Waals surface area contributed by atoms with Gasteiger partial charge in [0.1, 0.15) is 23.5 Å². The lowest BCUT2D eigenvalue weighted by Crippen LogP contribution is -2.04. The fourth-order valence-corrected chi connectivity index (χ4v) is 22.1. The standard InChI is InChI=1S/2C46H28N4.C40H24N4/c47-29-39-34-17-7-10-20-40(34)48-46(45(39)30-13-3-1-4-14-30)50-42-22-12-9-19-36(42)38-27-31(24-26-43(38)50)32-23-25-37-35-18-8-11-21-41(35)49(44(37)28-32)33-15-5-2-6-16-33;47-29-34-28-46(48-41-15-7-4-12-36(34)41)50-43-17-9-6-14-38(43)40-26-32(21-25-44(40)50)33-20-24-39-37-13-5-8-16-42(37)49(45(39)27-33)35-22-18-31(19-23-35)30-10-2-1-3-11-30;41-25-28-24-40(42-35-15-7-4-12-30(28)35)44-37-17-9-6-14-32(37)34-22-26(19-21-38(34)44)27-18-20-33-31-13-5-8-16-36(31)43(39(33)23-27)29-10-2-1-3-11-29/h2*1-28H;1-24H. The van der Waals surface area contributed by atoms with Gasteiger partial charge in [-0.3, -0.25) is 13.7 Å². The van der Waals surface area contributed by atoms with Gasteiger partial charge in [0, 0.05) is 103 Å². The van der Waals surface area contributed by atoms with E-state index in [-0.39, 0.29) is 0 Å². The van der Waals surface area contributed by atoms with Crippen LogP contribution in [0.3, 0.4) is 0 Å². The molecule has 0 radical (unpaired) electrons. The van der Waals surface area contributed by atoms with Gasteiger partial charge in [-0.05, 0) is 208 Å². The summed E-state index contributed by atoms with van der Waals surface area (Å²) < 4.78 is 13.7. The molecule has 0 saturated heterocycles. The number of hydrogen-bond acceptors (Lipinski definition) is 6. The van der Waals surface area contributed by atoms with Crippen LogP contribution in [0.25, 0.3) is 254 Å². The Morgan fingerprint density at radius 2 is 0.417 bits per heavy atom. The van der Waals surface area contributed by atoms with Gasteiger partial charge in [-0.2, -0.15) is 15.8 Å². The van der Waals surface area contributed by atoms with E-state index in [1.54, 1.807) is 0 Å². The average Bonchev–Trinajstić information content (AvgIpc) is 1.57. The molecule has 0 bridgehead atoms. The summed E-state index contributed by atoms with van der Waals surface area (Å²) in [5.41, 5.74) is 32.2. The molecule has 0 aliphatic heterocycles. The summed E-state index contributed by atoms with van der Waals surface area (Å²) >= 11 is 0. The average molecular weight is 1830 g/mol. The molecule has 0 spiro atoms. The lowest BCUT2D eigenvalue weighted by atomic mass is 9.97. The maximum Gasteiger partial charge on any atom is 0.147 e. The molecular weight excluding hydrogens is 1750 g/mol. The molecule has 0 atom stereocenters. The van der Waals surface area contributed by atoms with Crippen LogP contribution >= 0.6 is 0 Å². The van der Waals surface area contributed by atoms with Crippen LogP contribution < -0.4 is 0 Å². The summed E-state index contributed by atoms with van der Waals surface area (Å²) in [5.74, 6) is 2.23. The summed E-state index contributed by atoms with van der Waals surface area (Å²) in [4.78, 5) is 15.3. The van der Waals surface area contributed by atoms with E-state index in [2.05, 4.69) is 428 Å². The molecule has 0 N–H and O–H groups in total. The highest BCUT2D eigenvalue weighted by molar-refractivity contribution is 6.18. The molecule has 12 heteroatoms. The second kappa shape index (κ2) is 34.3. The molecule has 29 aromatic rings. The number of hydrogen-bond donors (Lipinski definition) is 0. The molecule has 9 heterocycles. The molecule has 20 aromatic carbocycles. The highest BCUT2D eigenvalue weighted by Crippen LogP contribution is 2.47. The number of pyridine rings is 3. The van der Waals surface area contributed by atoms with Crippen molar-refractivity contribution in [3.8, 4) is 108 Å². The van der Waals surface area contributed by atoms with Crippen molar-refractivity contribution in [3.63, 3.8) is 0 Å². The monoisotopic (exact) mass is 1830 g/mol. The van der Waals surface area contributed by atoms with Crippen molar-refractivity contribution in [1.82, 2.24) is 42.4 Å². The number of fused-ring (bicyclic) bond motifs is 21. The van der Waals surface area contributed by atoms with Gasteiger partial charge >= 0.3 is 0 Å². The van der Waals surface area contributed by atoms with Crippen molar-refractivity contribution in [2.75, 3.05) is 0 Å². The predicted octanol–water partition coefficient (Wildman–Crippen LogP) is 33.2. The number of rotatable bonds is 11. The normalized spacial score (nSPS) is 11.6. The minimum absolute atomic E-state index is 0.617. The molecule has 0 aliphatic carbocycles. The van der Waals surface area contributed by atoms with Crippen LogP contribution in [0.4, 0.5) is 0 Å². The minimum Gasteiger partial charge on any atom is -0.309 e. The van der Waals surface area contributed by atoms with E-state index >= 15 is 0 Å². The molecule has 0 unspecified atom stereocenters. The Bertz CT molecular complexity index is 10500. The third-order valence-corrected chi connectivity index (χ3v) is 28.7. The van der Waals surface area contributed by atoms with Crippen molar-refractivity contribution in [3.05, 3.63) is 502 Å². The predicted molar refractivity (Wildman–Crippen MR) is 593 cm³/mol. The summed E-state index contributed by atoms with van der Waals surface area (Å²) in [5, 5.41) is 47.5. The lowest BCUT2D eigenvalue weighted by molar-refractivity contribution is 1.10. The van der Waals surface area contributed by atoms with Crippen molar-refractivity contribution in [1.29, 1.82) is 15.8 Å². The summed E-state index contributed by atoms with van der Waals surface area (Å²) in [6, 6.07) is 177. The molecule has 0 aliphatic rings. The summed E-state index contributed by atoms with van der Waals surface area (Å²) in [7, 11) is 0. The van der Waals surface area contributed by atoms with Crippen LogP contribution in [0.1, 0.15) is 16.7 Å². The molecule has 29 rings (SSSR count). The first kappa shape index (κ1) is 83.3. The SMILES string of the molecule is N#Cc1c(-c2ccccc2)c(-n2c3ccccc3c3cc(-c4ccc5c6ccccc6n(-c6ccccc6)c5c4)ccc32)nc2ccccc12.N#Cc1cc(-n2c3ccccc3c3cc(-c4ccc5c6ccccc6n(-c6ccc(-c7ccccc7)cc6)c5c4)ccc32)nc2ccccc12.N#Cc1cc(-n2c3ccccc3c3cc(-c4ccc5c6ccccc6n(-c6ccccc6)c5c4)ccc32)nc2ccccc12. The fraction of sp³-hybridized carbons (Fsp3) is 0. The van der Waals surface area contributed by atoms with Crippen LogP contribution in [0.5, 0.6) is 0 Å². The second-order valence-electron chi connectivity index (χ2n) is 36.6. The van der Waals surface area contributed by atoms with Crippen molar-refractivity contribution < 1.29 is 0 Å². The van der Waals surface area contributed by atoms with Gasteiger partial charge in [-0.1, -0.05) is 328 Å². The maximum atomic E-state index is 10.6. The Kier molecular flexibility index (Phi) is 19.8. The van der Waals surface area contributed by atoms with Gasteiger partial charge in [0.2, 0.25) is 0 Å². The molecule has 9 aromatic heterocycles. The quantitative estimate of drug-likeness (QED) is 0.126. The Balaban J connectivity index is 0.000000108. The van der Waals surface area contributed by atoms with E-state index in [9.17, 15) is 15.8 Å². The molecule has 12 nitrogen and oxygen atoms in total. The molecular formula is C132H80N12. The molecule has 0 saturated carbocycles. The van der Waals surface area contributed by atoms with Gasteiger partial charge < -0.3 is 13.7 Å². The minimum atomic E-state index is 0.617. The number of nitriles is 3. The van der Waals surface area contributed by atoms with Crippen LogP contribution in [0.15, 0.2) is 485 Å². The second-order valence-corrected chi connectivity index (χ2v) is 36.6. The highest BCUT2D eigenvalue weighted by atomic mass is 15.1. The van der Waals surface area contributed by atoms with Gasteiger partial charge in [-0.25, -0.2) is 15.0 Å². The van der Waals surface area contributed by atoms with Crippen molar-refractivity contribution >= 4 is 164 Å². The van der Waals surface area contributed by atoms with E-state index < -0.39 is 0 Å². The molecule has 0 amide bonds. The zero-order valence-corrected chi connectivity index (χ0v) is 77.6. The third kappa shape index (κ3) is 13.7. The molecule has 0 fully saturated rings. The van der Waals surface area contributed by atoms with Gasteiger partial charge in [-0.15, -0.1) is 0 Å². The van der Waals surface area contributed by atoms with E-state index in [0.29, 0.717) is 16.7 Å². The van der Waals surface area contributed by atoms with Crippen LogP contribution in [-0.4, -0.2) is 42.4 Å². The third-order valence-electron chi connectivity index (χ3n) is 28.7. The Labute approximate surface area is 826 Å². The highest BCUT2D eigenvalue weighted by Gasteiger charge is 2.27. The van der Waals surface area contributed by atoms with Crippen molar-refractivity contribution in [2.24, 2.45) is 0 Å². The summed E-state index contributed by atoms with van der Waals surface area (Å²) in [6.07, 6.45) is 0. The zero-order valence-electron chi connectivity index (χ0n) is 77.6. The largest absolute Gasteiger partial charge is 0.309 e. The topological polar surface area (TPSA) is 140 Å². The number of para-hydroxylation sites is 11. The van der Waals surface area contributed by atoms with Crippen LogP contribution in [0, 0.1) is 34.0 Å². The van der Waals surface area contributed by atoms with E-state index in [1.165, 1.54) is 76.5 Å². The van der Waals surface area contributed by atoms with Crippen LogP contribution in [-0.2, 0) is 0 Å². The van der Waals surface area contributed by atoms with Gasteiger partial charge in [0.05, 0.1) is 112 Å². The Morgan fingerprint density at radius 1 is 0.160 bits per heavy atom. The number of benzene rings is 20. The van der Waals surface area contributed by atoms with Gasteiger partial charge in [0.25, 0.3) is 0 Å².